The number of carbonyl (C=O) groups is 1. The van der Waals surface area contributed by atoms with E-state index in [1.165, 1.54) is 12.1 Å². The van der Waals surface area contributed by atoms with Gasteiger partial charge in [-0.2, -0.15) is 0 Å². The van der Waals surface area contributed by atoms with E-state index in [9.17, 15) is 9.18 Å². The monoisotopic (exact) mass is 423 g/mol. The number of fused-ring (bicyclic) bond motifs is 1. The van der Waals surface area contributed by atoms with Gasteiger partial charge in [0.05, 0.1) is 0 Å². The molecule has 0 atom stereocenters. The second kappa shape index (κ2) is 7.37. The normalized spacial score (nSPS) is 14.1. The Bertz CT molecular complexity index is 1040. The van der Waals surface area contributed by atoms with Crippen molar-refractivity contribution in [2.45, 2.75) is 6.61 Å². The first-order valence-electron chi connectivity index (χ1n) is 8.39. The molecule has 1 amide bonds. The van der Waals surface area contributed by atoms with Gasteiger partial charge in [-0.05, 0) is 48.0 Å². The van der Waals surface area contributed by atoms with Gasteiger partial charge in [-0.15, -0.1) is 0 Å². The summed E-state index contributed by atoms with van der Waals surface area (Å²) in [5.74, 6) is 0.228. The largest absolute Gasteiger partial charge is 0.488 e. The van der Waals surface area contributed by atoms with Crippen LogP contribution >= 0.6 is 15.9 Å². The van der Waals surface area contributed by atoms with Crippen LogP contribution in [0.25, 0.3) is 11.6 Å². The molecule has 1 heterocycles. The lowest BCUT2D eigenvalue weighted by molar-refractivity contribution is -0.110. The SMILES string of the molecule is O=C1Nc2ccccc2C1=Cc1cc(Br)ccc1OCc1ccc(F)cc1. The first-order valence-corrected chi connectivity index (χ1v) is 9.19. The van der Waals surface area contributed by atoms with Crippen molar-refractivity contribution in [2.24, 2.45) is 0 Å². The Kier molecular flexibility index (Phi) is 4.77. The minimum absolute atomic E-state index is 0.138. The van der Waals surface area contributed by atoms with Crippen LogP contribution in [-0.4, -0.2) is 5.91 Å². The molecule has 3 aromatic carbocycles. The molecular weight excluding hydrogens is 409 g/mol. The fraction of sp³-hybridized carbons (Fsp3) is 0.0455. The molecule has 3 nitrogen and oxygen atoms in total. The number of benzene rings is 3. The minimum Gasteiger partial charge on any atom is -0.488 e. The molecule has 0 aliphatic carbocycles. The van der Waals surface area contributed by atoms with E-state index in [-0.39, 0.29) is 11.7 Å². The van der Waals surface area contributed by atoms with Gasteiger partial charge in [-0.25, -0.2) is 4.39 Å². The summed E-state index contributed by atoms with van der Waals surface area (Å²) in [6, 6.07) is 19.4. The maximum absolute atomic E-state index is 13.1. The highest BCUT2D eigenvalue weighted by molar-refractivity contribution is 9.10. The van der Waals surface area contributed by atoms with E-state index in [1.54, 1.807) is 12.1 Å². The summed E-state index contributed by atoms with van der Waals surface area (Å²) in [5, 5.41) is 2.87. The molecule has 1 N–H and O–H groups in total. The molecule has 0 saturated carbocycles. The van der Waals surface area contributed by atoms with Crippen LogP contribution in [0.3, 0.4) is 0 Å². The third kappa shape index (κ3) is 3.78. The minimum atomic E-state index is -0.279. The molecule has 134 valence electrons. The Morgan fingerprint density at radius 3 is 2.63 bits per heavy atom. The van der Waals surface area contributed by atoms with Crippen LogP contribution in [0.1, 0.15) is 16.7 Å². The fourth-order valence-electron chi connectivity index (χ4n) is 2.94. The highest BCUT2D eigenvalue weighted by Gasteiger charge is 2.23. The summed E-state index contributed by atoms with van der Waals surface area (Å²) in [6.07, 6.45) is 1.83. The van der Waals surface area contributed by atoms with Gasteiger partial charge >= 0.3 is 0 Å². The van der Waals surface area contributed by atoms with Gasteiger partial charge in [0, 0.05) is 26.9 Å². The molecule has 1 aliphatic rings. The highest BCUT2D eigenvalue weighted by Crippen LogP contribution is 2.35. The number of hydrogen-bond acceptors (Lipinski definition) is 2. The van der Waals surface area contributed by atoms with Crippen LogP contribution in [0, 0.1) is 5.82 Å². The second-order valence-electron chi connectivity index (χ2n) is 6.16. The van der Waals surface area contributed by atoms with Crippen LogP contribution in [0.5, 0.6) is 5.75 Å². The van der Waals surface area contributed by atoms with Crippen molar-refractivity contribution in [1.29, 1.82) is 0 Å². The van der Waals surface area contributed by atoms with Crippen LogP contribution in [0.4, 0.5) is 10.1 Å². The van der Waals surface area contributed by atoms with Crippen molar-refractivity contribution in [1.82, 2.24) is 0 Å². The molecule has 0 spiro atoms. The first kappa shape index (κ1) is 17.5. The molecule has 4 rings (SSSR count). The van der Waals surface area contributed by atoms with E-state index in [1.807, 2.05) is 48.5 Å². The zero-order valence-corrected chi connectivity index (χ0v) is 15.8. The third-order valence-corrected chi connectivity index (χ3v) is 4.78. The van der Waals surface area contributed by atoms with Crippen LogP contribution in [-0.2, 0) is 11.4 Å². The molecule has 5 heteroatoms. The number of anilines is 1. The van der Waals surface area contributed by atoms with Crippen molar-refractivity contribution in [2.75, 3.05) is 5.32 Å². The Labute approximate surface area is 164 Å². The number of ether oxygens (including phenoxy) is 1. The lowest BCUT2D eigenvalue weighted by Crippen LogP contribution is -2.04. The highest BCUT2D eigenvalue weighted by atomic mass is 79.9. The number of para-hydroxylation sites is 1. The average molecular weight is 424 g/mol. The van der Waals surface area contributed by atoms with Gasteiger partial charge in [-0.3, -0.25) is 4.79 Å². The summed E-state index contributed by atoms with van der Waals surface area (Å²) in [6.45, 7) is 0.306. The van der Waals surface area contributed by atoms with E-state index < -0.39 is 0 Å². The molecule has 0 radical (unpaired) electrons. The van der Waals surface area contributed by atoms with Gasteiger partial charge in [-0.1, -0.05) is 46.3 Å². The number of carbonyl (C=O) groups excluding carboxylic acids is 1. The van der Waals surface area contributed by atoms with Gasteiger partial charge in [0.25, 0.3) is 5.91 Å². The Balaban J connectivity index is 1.66. The fourth-order valence-corrected chi connectivity index (χ4v) is 3.32. The molecule has 0 unspecified atom stereocenters. The summed E-state index contributed by atoms with van der Waals surface area (Å²) >= 11 is 3.47. The van der Waals surface area contributed by atoms with Gasteiger partial charge in [0.2, 0.25) is 0 Å². The maximum atomic E-state index is 13.1. The second-order valence-corrected chi connectivity index (χ2v) is 7.07. The summed E-state index contributed by atoms with van der Waals surface area (Å²) in [5.41, 5.74) is 3.91. The Morgan fingerprint density at radius 2 is 1.81 bits per heavy atom. The number of rotatable bonds is 4. The number of amides is 1. The lowest BCUT2D eigenvalue weighted by atomic mass is 10.0. The van der Waals surface area contributed by atoms with E-state index in [0.717, 1.165) is 26.9 Å². The van der Waals surface area contributed by atoms with Crippen molar-refractivity contribution in [3.8, 4) is 5.75 Å². The van der Waals surface area contributed by atoms with Crippen molar-refractivity contribution in [3.05, 3.63) is 93.7 Å². The van der Waals surface area contributed by atoms with Gasteiger partial charge < -0.3 is 10.1 Å². The third-order valence-electron chi connectivity index (χ3n) is 4.29. The quantitative estimate of drug-likeness (QED) is 0.549. The summed E-state index contributed by atoms with van der Waals surface area (Å²) in [7, 11) is 0. The molecule has 1 aliphatic heterocycles. The topological polar surface area (TPSA) is 38.3 Å². The number of halogens is 2. The standard InChI is InChI=1S/C22H15BrFNO2/c23-16-7-10-21(27-13-14-5-8-17(24)9-6-14)15(11-16)12-19-18-3-1-2-4-20(18)25-22(19)26/h1-12H,13H2,(H,25,26). The van der Waals surface area contributed by atoms with Crippen molar-refractivity contribution < 1.29 is 13.9 Å². The van der Waals surface area contributed by atoms with E-state index in [4.69, 9.17) is 4.74 Å². The molecule has 0 saturated heterocycles. The maximum Gasteiger partial charge on any atom is 0.256 e. The van der Waals surface area contributed by atoms with E-state index in [0.29, 0.717) is 17.9 Å². The zero-order chi connectivity index (χ0) is 18.8. The molecule has 0 fully saturated rings. The Hall–Kier alpha value is -2.92. The molecule has 0 bridgehead atoms. The van der Waals surface area contributed by atoms with Gasteiger partial charge in [0.1, 0.15) is 18.2 Å². The van der Waals surface area contributed by atoms with Crippen LogP contribution in [0.15, 0.2) is 71.2 Å². The molecular formula is C22H15BrFNO2. The van der Waals surface area contributed by atoms with Crippen LogP contribution in [0.2, 0.25) is 0 Å². The van der Waals surface area contributed by atoms with E-state index in [2.05, 4.69) is 21.2 Å². The van der Waals surface area contributed by atoms with E-state index >= 15 is 0 Å². The first-order chi connectivity index (χ1) is 13.1. The predicted octanol–water partition coefficient (Wildman–Crippen LogP) is 5.66. The number of nitrogens with one attached hydrogen (secondary N) is 1. The molecule has 3 aromatic rings. The van der Waals surface area contributed by atoms with Crippen molar-refractivity contribution >= 4 is 39.2 Å². The molecule has 27 heavy (non-hydrogen) atoms. The van der Waals surface area contributed by atoms with Gasteiger partial charge in [0.15, 0.2) is 0 Å². The summed E-state index contributed by atoms with van der Waals surface area (Å²) in [4.78, 5) is 12.4. The Morgan fingerprint density at radius 1 is 1.04 bits per heavy atom. The summed E-state index contributed by atoms with van der Waals surface area (Å²) < 4.78 is 19.9. The van der Waals surface area contributed by atoms with Crippen molar-refractivity contribution in [3.63, 3.8) is 0 Å². The predicted molar refractivity (Wildman–Crippen MR) is 108 cm³/mol. The molecule has 0 aromatic heterocycles. The smallest absolute Gasteiger partial charge is 0.256 e. The number of hydrogen-bond donors (Lipinski definition) is 1. The zero-order valence-electron chi connectivity index (χ0n) is 14.2. The average Bonchev–Trinajstić information content (AvgIpc) is 2.98. The lowest BCUT2D eigenvalue weighted by Gasteiger charge is -2.11. The van der Waals surface area contributed by atoms with Crippen LogP contribution < -0.4 is 10.1 Å².